The van der Waals surface area contributed by atoms with Gasteiger partial charge in [-0.3, -0.25) is 14.6 Å². The highest BCUT2D eigenvalue weighted by Gasteiger charge is 2.17. The second kappa shape index (κ2) is 5.97. The van der Waals surface area contributed by atoms with Gasteiger partial charge in [-0.2, -0.15) is 0 Å². The number of imidazole rings is 1. The number of carbonyl (C=O) groups is 1. The van der Waals surface area contributed by atoms with Crippen LogP contribution in [0.15, 0.2) is 12.4 Å². The zero-order valence-corrected chi connectivity index (χ0v) is 10.9. The highest BCUT2D eigenvalue weighted by Crippen LogP contribution is 2.02. The number of aryl methyl sites for hydroxylation is 1. The molecule has 1 amide bonds. The summed E-state index contributed by atoms with van der Waals surface area (Å²) in [5, 5.41) is 0. The van der Waals surface area contributed by atoms with E-state index in [2.05, 4.69) is 19.4 Å². The van der Waals surface area contributed by atoms with Crippen LogP contribution in [0.1, 0.15) is 5.82 Å². The number of rotatable bonds is 5. The Kier molecular flexibility index (Phi) is 4.33. The van der Waals surface area contributed by atoms with Gasteiger partial charge in [0.25, 0.3) is 0 Å². The second-order valence-electron chi connectivity index (χ2n) is 4.75. The van der Waals surface area contributed by atoms with Crippen LogP contribution in [0.4, 0.5) is 0 Å². The molecule has 0 radical (unpaired) electrons. The Bertz CT molecular complexity index is 395. The fourth-order valence-corrected chi connectivity index (χ4v) is 2.28. The molecule has 0 aromatic carbocycles. The van der Waals surface area contributed by atoms with Crippen molar-refractivity contribution in [1.29, 1.82) is 0 Å². The van der Waals surface area contributed by atoms with Gasteiger partial charge in [-0.1, -0.05) is 0 Å². The Morgan fingerprint density at radius 1 is 1.28 bits per heavy atom. The quantitative estimate of drug-likeness (QED) is 0.751. The maximum atomic E-state index is 10.8. The van der Waals surface area contributed by atoms with Crippen molar-refractivity contribution in [2.75, 3.05) is 39.3 Å². The minimum absolute atomic E-state index is 0.238. The molecule has 1 aliphatic rings. The SMILES string of the molecule is Cc1nccn1CCN1CCN(CC(N)=O)CC1. The van der Waals surface area contributed by atoms with Crippen molar-refractivity contribution in [3.8, 4) is 0 Å². The fraction of sp³-hybridized carbons (Fsp3) is 0.667. The maximum absolute atomic E-state index is 10.8. The number of nitrogens with two attached hydrogens (primary N) is 1. The first-order valence-electron chi connectivity index (χ1n) is 6.36. The van der Waals surface area contributed by atoms with Gasteiger partial charge in [0, 0.05) is 51.7 Å². The largest absolute Gasteiger partial charge is 0.369 e. The van der Waals surface area contributed by atoms with Crippen molar-refractivity contribution in [3.05, 3.63) is 18.2 Å². The summed E-state index contributed by atoms with van der Waals surface area (Å²) in [7, 11) is 0. The number of hydrogen-bond donors (Lipinski definition) is 1. The van der Waals surface area contributed by atoms with E-state index in [-0.39, 0.29) is 5.91 Å². The third kappa shape index (κ3) is 3.54. The van der Waals surface area contributed by atoms with Gasteiger partial charge in [0.1, 0.15) is 5.82 Å². The van der Waals surface area contributed by atoms with E-state index in [1.54, 1.807) is 0 Å². The molecule has 2 heterocycles. The number of primary amides is 1. The summed E-state index contributed by atoms with van der Waals surface area (Å²) in [5.41, 5.74) is 5.19. The van der Waals surface area contributed by atoms with Crippen LogP contribution in [0.3, 0.4) is 0 Å². The molecule has 1 aliphatic heterocycles. The molecule has 0 atom stereocenters. The normalized spacial score (nSPS) is 18.1. The molecule has 0 spiro atoms. The summed E-state index contributed by atoms with van der Waals surface area (Å²) < 4.78 is 2.16. The first kappa shape index (κ1) is 13.0. The summed E-state index contributed by atoms with van der Waals surface area (Å²) in [5.74, 6) is 0.819. The molecule has 2 rings (SSSR count). The minimum Gasteiger partial charge on any atom is -0.369 e. The zero-order valence-electron chi connectivity index (χ0n) is 10.9. The minimum atomic E-state index is -0.238. The summed E-state index contributed by atoms with van der Waals surface area (Å²) in [4.78, 5) is 19.6. The number of aromatic nitrogens is 2. The molecule has 6 nitrogen and oxygen atoms in total. The standard InChI is InChI=1S/C12H21N5O/c1-11-14-2-3-17(11)9-8-15-4-6-16(7-5-15)10-12(13)18/h2-3H,4-10H2,1H3,(H2,13,18). The van der Waals surface area contributed by atoms with Crippen molar-refractivity contribution in [1.82, 2.24) is 19.4 Å². The van der Waals surface area contributed by atoms with E-state index in [0.29, 0.717) is 6.54 Å². The van der Waals surface area contributed by atoms with Crippen LogP contribution in [-0.2, 0) is 11.3 Å². The van der Waals surface area contributed by atoms with Crippen molar-refractivity contribution >= 4 is 5.91 Å². The number of amides is 1. The molecule has 0 aliphatic carbocycles. The zero-order chi connectivity index (χ0) is 13.0. The molecule has 0 bridgehead atoms. The Hall–Kier alpha value is -1.40. The van der Waals surface area contributed by atoms with E-state index < -0.39 is 0 Å². The van der Waals surface area contributed by atoms with Crippen molar-refractivity contribution in [2.24, 2.45) is 5.73 Å². The molecule has 100 valence electrons. The third-order valence-electron chi connectivity index (χ3n) is 3.43. The average Bonchev–Trinajstić information content (AvgIpc) is 2.73. The predicted octanol–water partition coefficient (Wildman–Crippen LogP) is -0.706. The molecule has 0 unspecified atom stereocenters. The van der Waals surface area contributed by atoms with Gasteiger partial charge in [0.05, 0.1) is 6.54 Å². The molecular weight excluding hydrogens is 230 g/mol. The van der Waals surface area contributed by atoms with Gasteiger partial charge < -0.3 is 10.3 Å². The van der Waals surface area contributed by atoms with Crippen LogP contribution in [0.25, 0.3) is 0 Å². The van der Waals surface area contributed by atoms with E-state index >= 15 is 0 Å². The smallest absolute Gasteiger partial charge is 0.231 e. The van der Waals surface area contributed by atoms with Gasteiger partial charge in [0.15, 0.2) is 0 Å². The van der Waals surface area contributed by atoms with Gasteiger partial charge in [-0.05, 0) is 6.92 Å². The molecule has 1 saturated heterocycles. The lowest BCUT2D eigenvalue weighted by molar-refractivity contribution is -0.119. The Morgan fingerprint density at radius 3 is 2.50 bits per heavy atom. The van der Waals surface area contributed by atoms with Gasteiger partial charge in [0.2, 0.25) is 5.91 Å². The summed E-state index contributed by atoms with van der Waals surface area (Å²) in [6.07, 6.45) is 3.85. The molecule has 1 aromatic rings. The van der Waals surface area contributed by atoms with Gasteiger partial charge >= 0.3 is 0 Å². The van der Waals surface area contributed by atoms with E-state index in [0.717, 1.165) is 45.1 Å². The summed E-state index contributed by atoms with van der Waals surface area (Å²) in [6.45, 7) is 8.25. The van der Waals surface area contributed by atoms with Gasteiger partial charge in [-0.15, -0.1) is 0 Å². The molecule has 18 heavy (non-hydrogen) atoms. The van der Waals surface area contributed by atoms with Crippen LogP contribution in [0.5, 0.6) is 0 Å². The van der Waals surface area contributed by atoms with Crippen LogP contribution in [0.2, 0.25) is 0 Å². The number of piperazine rings is 1. The number of nitrogens with zero attached hydrogens (tertiary/aromatic N) is 4. The lowest BCUT2D eigenvalue weighted by atomic mass is 10.3. The lowest BCUT2D eigenvalue weighted by Crippen LogP contribution is -2.49. The second-order valence-corrected chi connectivity index (χ2v) is 4.75. The van der Waals surface area contributed by atoms with E-state index in [1.165, 1.54) is 0 Å². The Morgan fingerprint density at radius 2 is 1.94 bits per heavy atom. The maximum Gasteiger partial charge on any atom is 0.231 e. The first-order valence-corrected chi connectivity index (χ1v) is 6.36. The fourth-order valence-electron chi connectivity index (χ4n) is 2.28. The first-order chi connectivity index (χ1) is 8.65. The van der Waals surface area contributed by atoms with Gasteiger partial charge in [-0.25, -0.2) is 4.98 Å². The monoisotopic (exact) mass is 251 g/mol. The number of carbonyl (C=O) groups excluding carboxylic acids is 1. The van der Waals surface area contributed by atoms with Crippen molar-refractivity contribution in [3.63, 3.8) is 0 Å². The van der Waals surface area contributed by atoms with E-state index in [9.17, 15) is 4.79 Å². The van der Waals surface area contributed by atoms with Crippen LogP contribution in [0, 0.1) is 6.92 Å². The summed E-state index contributed by atoms with van der Waals surface area (Å²) in [6, 6.07) is 0. The molecule has 6 heteroatoms. The Labute approximate surface area is 107 Å². The number of hydrogen-bond acceptors (Lipinski definition) is 4. The highest BCUT2D eigenvalue weighted by molar-refractivity contribution is 5.75. The van der Waals surface area contributed by atoms with E-state index in [1.807, 2.05) is 19.3 Å². The third-order valence-corrected chi connectivity index (χ3v) is 3.43. The highest BCUT2D eigenvalue weighted by atomic mass is 16.1. The van der Waals surface area contributed by atoms with Crippen LogP contribution in [-0.4, -0.2) is 64.5 Å². The van der Waals surface area contributed by atoms with E-state index in [4.69, 9.17) is 5.73 Å². The van der Waals surface area contributed by atoms with Crippen LogP contribution < -0.4 is 5.73 Å². The van der Waals surface area contributed by atoms with Crippen molar-refractivity contribution < 1.29 is 4.79 Å². The molecule has 0 saturated carbocycles. The summed E-state index contributed by atoms with van der Waals surface area (Å²) >= 11 is 0. The average molecular weight is 251 g/mol. The van der Waals surface area contributed by atoms with Crippen LogP contribution >= 0.6 is 0 Å². The van der Waals surface area contributed by atoms with Crippen molar-refractivity contribution in [2.45, 2.75) is 13.5 Å². The molecule has 1 aromatic heterocycles. The molecular formula is C12H21N5O. The lowest BCUT2D eigenvalue weighted by Gasteiger charge is -2.34. The molecule has 1 fully saturated rings. The predicted molar refractivity (Wildman–Crippen MR) is 69.0 cm³/mol. The topological polar surface area (TPSA) is 67.4 Å². The Balaban J connectivity index is 1.71. The molecule has 2 N–H and O–H groups in total.